The third-order valence-corrected chi connectivity index (χ3v) is 3.45. The SMILES string of the molecule is CC1(C)OCC(C(=O)O)(c2ccnc(Br)c2)CO1. The summed E-state index contributed by atoms with van der Waals surface area (Å²) >= 11 is 3.24. The van der Waals surface area contributed by atoms with Gasteiger partial charge >= 0.3 is 5.97 Å². The molecule has 0 aliphatic carbocycles. The van der Waals surface area contributed by atoms with Crippen LogP contribution >= 0.6 is 15.9 Å². The van der Waals surface area contributed by atoms with Crippen molar-refractivity contribution in [2.24, 2.45) is 0 Å². The summed E-state index contributed by atoms with van der Waals surface area (Å²) in [4.78, 5) is 15.6. The van der Waals surface area contributed by atoms with Crippen LogP contribution in [-0.4, -0.2) is 35.1 Å². The quantitative estimate of drug-likeness (QED) is 0.845. The molecule has 18 heavy (non-hydrogen) atoms. The molecule has 2 rings (SSSR count). The van der Waals surface area contributed by atoms with Crippen LogP contribution in [0.5, 0.6) is 0 Å². The van der Waals surface area contributed by atoms with Crippen molar-refractivity contribution in [2.75, 3.05) is 13.2 Å². The van der Waals surface area contributed by atoms with Gasteiger partial charge in [-0.3, -0.25) is 4.79 Å². The van der Waals surface area contributed by atoms with E-state index in [-0.39, 0.29) is 13.2 Å². The highest BCUT2D eigenvalue weighted by atomic mass is 79.9. The molecule has 0 aromatic carbocycles. The summed E-state index contributed by atoms with van der Waals surface area (Å²) in [5, 5.41) is 9.51. The first kappa shape index (κ1) is 13.5. The molecule has 0 amide bonds. The molecule has 1 aliphatic rings. The molecule has 0 saturated carbocycles. The summed E-state index contributed by atoms with van der Waals surface area (Å²) in [6.07, 6.45) is 1.56. The fourth-order valence-electron chi connectivity index (χ4n) is 1.79. The number of nitrogens with zero attached hydrogens (tertiary/aromatic N) is 1. The van der Waals surface area contributed by atoms with Gasteiger partial charge in [0.15, 0.2) is 5.79 Å². The molecule has 0 unspecified atom stereocenters. The van der Waals surface area contributed by atoms with Crippen LogP contribution in [-0.2, 0) is 19.7 Å². The van der Waals surface area contributed by atoms with Crippen molar-refractivity contribution < 1.29 is 19.4 Å². The summed E-state index contributed by atoms with van der Waals surface area (Å²) in [6, 6.07) is 3.35. The number of aromatic nitrogens is 1. The average Bonchev–Trinajstić information content (AvgIpc) is 2.29. The van der Waals surface area contributed by atoms with Crippen LogP contribution in [0.15, 0.2) is 22.9 Å². The summed E-state index contributed by atoms with van der Waals surface area (Å²) in [7, 11) is 0. The lowest BCUT2D eigenvalue weighted by atomic mass is 9.81. The number of hydrogen-bond donors (Lipinski definition) is 1. The zero-order valence-corrected chi connectivity index (χ0v) is 11.7. The van der Waals surface area contributed by atoms with Crippen LogP contribution in [0.4, 0.5) is 0 Å². The van der Waals surface area contributed by atoms with Crippen molar-refractivity contribution in [3.05, 3.63) is 28.5 Å². The van der Waals surface area contributed by atoms with Crippen LogP contribution < -0.4 is 0 Å². The summed E-state index contributed by atoms with van der Waals surface area (Å²) < 4.78 is 11.6. The van der Waals surface area contributed by atoms with E-state index >= 15 is 0 Å². The van der Waals surface area contributed by atoms with Gasteiger partial charge in [-0.15, -0.1) is 0 Å². The normalized spacial score (nSPS) is 21.5. The van der Waals surface area contributed by atoms with Crippen LogP contribution in [0.1, 0.15) is 19.4 Å². The molecule has 6 heteroatoms. The Bertz CT molecular complexity index is 465. The van der Waals surface area contributed by atoms with Crippen molar-refractivity contribution in [1.82, 2.24) is 4.98 Å². The number of pyridine rings is 1. The summed E-state index contributed by atoms with van der Waals surface area (Å²) in [6.45, 7) is 3.68. The van der Waals surface area contributed by atoms with Gasteiger partial charge in [-0.05, 0) is 47.5 Å². The molecule has 0 radical (unpaired) electrons. The second-order valence-electron chi connectivity index (χ2n) is 4.73. The Morgan fingerprint density at radius 2 is 2.06 bits per heavy atom. The number of halogens is 1. The Morgan fingerprint density at radius 3 is 2.56 bits per heavy atom. The highest BCUT2D eigenvalue weighted by molar-refractivity contribution is 9.10. The zero-order valence-electron chi connectivity index (χ0n) is 10.1. The van der Waals surface area contributed by atoms with E-state index in [0.29, 0.717) is 10.2 Å². The number of ether oxygens (including phenoxy) is 2. The number of hydrogen-bond acceptors (Lipinski definition) is 4. The fourth-order valence-corrected chi connectivity index (χ4v) is 2.16. The van der Waals surface area contributed by atoms with E-state index < -0.39 is 17.2 Å². The molecule has 0 spiro atoms. The molecule has 98 valence electrons. The zero-order chi connectivity index (χ0) is 13.4. The number of carbonyl (C=O) groups is 1. The second-order valence-corrected chi connectivity index (χ2v) is 5.54. The van der Waals surface area contributed by atoms with Gasteiger partial charge in [0, 0.05) is 6.20 Å². The van der Waals surface area contributed by atoms with Gasteiger partial charge in [0.2, 0.25) is 0 Å². The van der Waals surface area contributed by atoms with Gasteiger partial charge < -0.3 is 14.6 Å². The minimum atomic E-state index is -1.18. The number of carboxylic acid groups (broad SMARTS) is 1. The number of rotatable bonds is 2. The van der Waals surface area contributed by atoms with E-state index in [0.717, 1.165) is 0 Å². The third kappa shape index (κ3) is 2.41. The Morgan fingerprint density at radius 1 is 1.44 bits per heavy atom. The topological polar surface area (TPSA) is 68.7 Å². The summed E-state index contributed by atoms with van der Waals surface area (Å²) in [5.74, 6) is -1.71. The Balaban J connectivity index is 2.38. The van der Waals surface area contributed by atoms with Crippen LogP contribution in [0.25, 0.3) is 0 Å². The minimum Gasteiger partial charge on any atom is -0.480 e. The molecular formula is C12H14BrNO4. The molecule has 2 heterocycles. The van der Waals surface area contributed by atoms with E-state index in [2.05, 4.69) is 20.9 Å². The van der Waals surface area contributed by atoms with E-state index in [4.69, 9.17) is 9.47 Å². The van der Waals surface area contributed by atoms with Gasteiger partial charge in [0.05, 0.1) is 13.2 Å². The average molecular weight is 316 g/mol. The highest BCUT2D eigenvalue weighted by Crippen LogP contribution is 2.34. The standard InChI is InChI=1S/C12H14BrNO4/c1-11(2)17-6-12(7-18-11,10(15)16)8-3-4-14-9(13)5-8/h3-5H,6-7H2,1-2H3,(H,15,16). The van der Waals surface area contributed by atoms with Crippen LogP contribution in [0, 0.1) is 0 Å². The van der Waals surface area contributed by atoms with Crippen molar-refractivity contribution >= 4 is 21.9 Å². The molecule has 1 aromatic heterocycles. The summed E-state index contributed by atoms with van der Waals surface area (Å²) in [5.41, 5.74) is -0.562. The van der Waals surface area contributed by atoms with Crippen LogP contribution in [0.2, 0.25) is 0 Å². The van der Waals surface area contributed by atoms with Gasteiger partial charge in [0.25, 0.3) is 0 Å². The van der Waals surface area contributed by atoms with E-state index in [9.17, 15) is 9.90 Å². The third-order valence-electron chi connectivity index (χ3n) is 3.02. The van der Waals surface area contributed by atoms with Gasteiger partial charge in [0.1, 0.15) is 10.0 Å². The van der Waals surface area contributed by atoms with Crippen molar-refractivity contribution in [2.45, 2.75) is 25.0 Å². The molecule has 0 atom stereocenters. The van der Waals surface area contributed by atoms with Gasteiger partial charge in [-0.1, -0.05) is 0 Å². The molecule has 5 nitrogen and oxygen atoms in total. The molecular weight excluding hydrogens is 302 g/mol. The monoisotopic (exact) mass is 315 g/mol. The number of aliphatic carboxylic acids is 1. The smallest absolute Gasteiger partial charge is 0.318 e. The second kappa shape index (κ2) is 4.60. The van der Waals surface area contributed by atoms with E-state index in [1.165, 1.54) is 0 Å². The molecule has 1 saturated heterocycles. The van der Waals surface area contributed by atoms with Crippen molar-refractivity contribution in [3.8, 4) is 0 Å². The van der Waals surface area contributed by atoms with Gasteiger partial charge in [-0.25, -0.2) is 4.98 Å². The predicted molar refractivity (Wildman–Crippen MR) is 67.2 cm³/mol. The minimum absolute atomic E-state index is 0.0752. The number of carboxylic acids is 1. The van der Waals surface area contributed by atoms with Crippen molar-refractivity contribution in [1.29, 1.82) is 0 Å². The Hall–Kier alpha value is -0.980. The highest BCUT2D eigenvalue weighted by Gasteiger charge is 2.47. The van der Waals surface area contributed by atoms with E-state index in [1.807, 2.05) is 0 Å². The first-order chi connectivity index (χ1) is 8.36. The first-order valence-corrected chi connectivity index (χ1v) is 6.28. The van der Waals surface area contributed by atoms with Crippen molar-refractivity contribution in [3.63, 3.8) is 0 Å². The molecule has 1 aromatic rings. The maximum absolute atomic E-state index is 11.6. The lowest BCUT2D eigenvalue weighted by Gasteiger charge is -2.41. The Kier molecular flexibility index (Phi) is 3.44. The molecule has 1 aliphatic heterocycles. The molecule has 0 bridgehead atoms. The first-order valence-electron chi connectivity index (χ1n) is 5.49. The van der Waals surface area contributed by atoms with E-state index in [1.54, 1.807) is 32.2 Å². The molecule has 1 fully saturated rings. The van der Waals surface area contributed by atoms with Gasteiger partial charge in [-0.2, -0.15) is 0 Å². The maximum Gasteiger partial charge on any atom is 0.318 e. The predicted octanol–water partition coefficient (Wildman–Crippen LogP) is 1.95. The maximum atomic E-state index is 11.6. The lowest BCUT2D eigenvalue weighted by Crippen LogP contribution is -2.53. The largest absolute Gasteiger partial charge is 0.480 e. The fraction of sp³-hybridized carbons (Fsp3) is 0.500. The van der Waals surface area contributed by atoms with Crippen LogP contribution in [0.3, 0.4) is 0 Å². The Labute approximate surface area is 113 Å². The molecule has 1 N–H and O–H groups in total. The lowest BCUT2D eigenvalue weighted by molar-refractivity contribution is -0.268.